The number of carbonyl (C=O) groups is 1. The normalized spacial score (nSPS) is 16.3. The average molecular weight is 297 g/mol. The molecule has 20 heavy (non-hydrogen) atoms. The Morgan fingerprint density at radius 1 is 1.45 bits per heavy atom. The molecule has 1 heterocycles. The molecule has 1 aliphatic carbocycles. The minimum atomic E-state index is -0.146. The summed E-state index contributed by atoms with van der Waals surface area (Å²) in [6.07, 6.45) is 3.49. The molecule has 1 aromatic rings. The van der Waals surface area contributed by atoms with Gasteiger partial charge in [0, 0.05) is 24.8 Å². The zero-order valence-corrected chi connectivity index (χ0v) is 12.5. The molecule has 110 valence electrons. The van der Waals surface area contributed by atoms with Crippen molar-refractivity contribution in [1.82, 2.24) is 4.90 Å². The number of esters is 1. The van der Waals surface area contributed by atoms with Gasteiger partial charge in [0.05, 0.1) is 13.7 Å². The van der Waals surface area contributed by atoms with Gasteiger partial charge < -0.3 is 10.1 Å². The molecule has 1 N–H and O–H groups in total. The van der Waals surface area contributed by atoms with E-state index >= 15 is 0 Å². The van der Waals surface area contributed by atoms with E-state index in [1.807, 2.05) is 0 Å². The van der Waals surface area contributed by atoms with Crippen LogP contribution in [0.5, 0.6) is 0 Å². The summed E-state index contributed by atoms with van der Waals surface area (Å²) >= 11 is 0. The summed E-state index contributed by atoms with van der Waals surface area (Å²) in [7, 11) is 1.45. The topological polar surface area (TPSA) is 41.6 Å². The van der Waals surface area contributed by atoms with Gasteiger partial charge in [-0.05, 0) is 30.4 Å². The summed E-state index contributed by atoms with van der Waals surface area (Å²) < 4.78 is 4.79. The Kier molecular flexibility index (Phi) is 4.89. The van der Waals surface area contributed by atoms with Gasteiger partial charge in [-0.1, -0.05) is 18.2 Å². The first-order valence-corrected chi connectivity index (χ1v) is 6.93. The summed E-state index contributed by atoms with van der Waals surface area (Å²) in [5.74, 6) is -0.146. The van der Waals surface area contributed by atoms with Gasteiger partial charge >= 0.3 is 5.97 Å². The van der Waals surface area contributed by atoms with E-state index in [2.05, 4.69) is 28.4 Å². The first-order valence-electron chi connectivity index (χ1n) is 6.93. The number of fused-ring (bicyclic) bond motifs is 1. The standard InChI is InChI=1S/C15H20N2O2.ClH/c1-19-14(18)10-17(13-5-6-13)9-12-4-2-3-11-7-8-16-15(11)12;/h2-4,13,16H,5-10H2,1H3;1H. The molecule has 1 saturated carbocycles. The largest absolute Gasteiger partial charge is 0.468 e. The van der Waals surface area contributed by atoms with Crippen molar-refractivity contribution in [3.05, 3.63) is 29.3 Å². The monoisotopic (exact) mass is 296 g/mol. The van der Waals surface area contributed by atoms with Gasteiger partial charge in [0.15, 0.2) is 0 Å². The Balaban J connectivity index is 0.00000147. The van der Waals surface area contributed by atoms with Crippen molar-refractivity contribution in [3.8, 4) is 0 Å². The molecule has 0 atom stereocenters. The van der Waals surface area contributed by atoms with Crippen molar-refractivity contribution in [1.29, 1.82) is 0 Å². The number of hydrogen-bond donors (Lipinski definition) is 1. The van der Waals surface area contributed by atoms with Crippen molar-refractivity contribution in [3.63, 3.8) is 0 Å². The van der Waals surface area contributed by atoms with Crippen LogP contribution in [-0.4, -0.2) is 37.1 Å². The third kappa shape index (κ3) is 3.25. The van der Waals surface area contributed by atoms with Crippen LogP contribution in [0, 0.1) is 0 Å². The lowest BCUT2D eigenvalue weighted by Crippen LogP contribution is -2.32. The van der Waals surface area contributed by atoms with Crippen molar-refractivity contribution in [2.45, 2.75) is 31.8 Å². The number of nitrogens with one attached hydrogen (secondary N) is 1. The van der Waals surface area contributed by atoms with Crippen LogP contribution in [0.25, 0.3) is 0 Å². The number of ether oxygens (including phenoxy) is 1. The van der Waals surface area contributed by atoms with E-state index in [4.69, 9.17) is 4.74 Å². The van der Waals surface area contributed by atoms with E-state index in [0.29, 0.717) is 12.6 Å². The Labute approximate surface area is 125 Å². The highest BCUT2D eigenvalue weighted by atomic mass is 35.5. The number of benzene rings is 1. The van der Waals surface area contributed by atoms with Crippen LogP contribution in [0.4, 0.5) is 5.69 Å². The molecule has 2 aliphatic rings. The number of carbonyl (C=O) groups excluding carboxylic acids is 1. The van der Waals surface area contributed by atoms with Gasteiger partial charge in [-0.25, -0.2) is 0 Å². The highest BCUT2D eigenvalue weighted by Gasteiger charge is 2.31. The van der Waals surface area contributed by atoms with Crippen molar-refractivity contribution in [2.24, 2.45) is 0 Å². The van der Waals surface area contributed by atoms with Crippen molar-refractivity contribution in [2.75, 3.05) is 25.5 Å². The fourth-order valence-electron chi connectivity index (χ4n) is 2.75. The Hall–Kier alpha value is -1.26. The molecule has 0 amide bonds. The number of para-hydroxylation sites is 1. The van der Waals surface area contributed by atoms with Crippen LogP contribution in [0.3, 0.4) is 0 Å². The van der Waals surface area contributed by atoms with E-state index in [0.717, 1.165) is 19.5 Å². The molecule has 1 aliphatic heterocycles. The van der Waals surface area contributed by atoms with Gasteiger partial charge in [-0.3, -0.25) is 9.69 Å². The zero-order chi connectivity index (χ0) is 13.2. The molecule has 0 saturated heterocycles. The van der Waals surface area contributed by atoms with Crippen LogP contribution in [0.1, 0.15) is 24.0 Å². The third-order valence-corrected chi connectivity index (χ3v) is 3.93. The van der Waals surface area contributed by atoms with E-state index in [-0.39, 0.29) is 18.4 Å². The lowest BCUT2D eigenvalue weighted by Gasteiger charge is -2.22. The third-order valence-electron chi connectivity index (χ3n) is 3.93. The zero-order valence-electron chi connectivity index (χ0n) is 11.7. The van der Waals surface area contributed by atoms with Crippen LogP contribution >= 0.6 is 12.4 Å². The Bertz CT molecular complexity index is 489. The number of hydrogen-bond acceptors (Lipinski definition) is 4. The van der Waals surface area contributed by atoms with E-state index < -0.39 is 0 Å². The lowest BCUT2D eigenvalue weighted by molar-refractivity contribution is -0.142. The predicted molar refractivity (Wildman–Crippen MR) is 81.3 cm³/mol. The van der Waals surface area contributed by atoms with Gasteiger partial charge in [0.1, 0.15) is 0 Å². The van der Waals surface area contributed by atoms with E-state index in [1.165, 1.54) is 36.8 Å². The maximum absolute atomic E-state index is 11.5. The molecule has 0 aromatic heterocycles. The molecule has 0 unspecified atom stereocenters. The van der Waals surface area contributed by atoms with E-state index in [9.17, 15) is 4.79 Å². The minimum Gasteiger partial charge on any atom is -0.468 e. The van der Waals surface area contributed by atoms with Crippen LogP contribution in [0.15, 0.2) is 18.2 Å². The summed E-state index contributed by atoms with van der Waals surface area (Å²) in [6, 6.07) is 7.01. The fraction of sp³-hybridized carbons (Fsp3) is 0.533. The molecule has 5 heteroatoms. The van der Waals surface area contributed by atoms with Crippen molar-refractivity contribution < 1.29 is 9.53 Å². The second-order valence-electron chi connectivity index (χ2n) is 5.34. The number of anilines is 1. The second-order valence-corrected chi connectivity index (χ2v) is 5.34. The average Bonchev–Trinajstić information content (AvgIpc) is 3.15. The smallest absolute Gasteiger partial charge is 0.319 e. The lowest BCUT2D eigenvalue weighted by atomic mass is 10.1. The predicted octanol–water partition coefficient (Wildman–Crippen LogP) is 2.21. The van der Waals surface area contributed by atoms with Gasteiger partial charge in [-0.2, -0.15) is 0 Å². The molecule has 0 spiro atoms. The summed E-state index contributed by atoms with van der Waals surface area (Å²) in [6.45, 7) is 2.24. The number of halogens is 1. The van der Waals surface area contributed by atoms with E-state index in [1.54, 1.807) is 0 Å². The molecule has 3 rings (SSSR count). The first-order chi connectivity index (χ1) is 9.28. The molecule has 4 nitrogen and oxygen atoms in total. The second kappa shape index (κ2) is 6.46. The van der Waals surface area contributed by atoms with Crippen LogP contribution in [0.2, 0.25) is 0 Å². The highest BCUT2D eigenvalue weighted by Crippen LogP contribution is 2.32. The molecule has 0 radical (unpaired) electrons. The SMILES string of the molecule is COC(=O)CN(Cc1cccc2c1NCC2)C1CC1.Cl. The fourth-order valence-corrected chi connectivity index (χ4v) is 2.75. The van der Waals surface area contributed by atoms with Crippen LogP contribution in [-0.2, 0) is 22.5 Å². The minimum absolute atomic E-state index is 0. The van der Waals surface area contributed by atoms with Crippen LogP contribution < -0.4 is 5.32 Å². The first kappa shape index (κ1) is 15.1. The Morgan fingerprint density at radius 3 is 2.95 bits per heavy atom. The molecule has 1 aromatic carbocycles. The van der Waals surface area contributed by atoms with Gasteiger partial charge in [-0.15, -0.1) is 12.4 Å². The summed E-state index contributed by atoms with van der Waals surface area (Å²) in [5, 5.41) is 3.46. The molecule has 0 bridgehead atoms. The molecular formula is C15H21ClN2O2. The maximum Gasteiger partial charge on any atom is 0.319 e. The highest BCUT2D eigenvalue weighted by molar-refractivity contribution is 5.85. The summed E-state index contributed by atoms with van der Waals surface area (Å²) in [5.41, 5.74) is 3.97. The molecule has 1 fully saturated rings. The van der Waals surface area contributed by atoms with Crippen molar-refractivity contribution >= 4 is 24.1 Å². The van der Waals surface area contributed by atoms with Gasteiger partial charge in [0.25, 0.3) is 0 Å². The number of rotatable bonds is 5. The number of methoxy groups -OCH3 is 1. The quantitative estimate of drug-likeness (QED) is 0.846. The number of nitrogens with zero attached hydrogens (tertiary/aromatic N) is 1. The maximum atomic E-state index is 11.5. The van der Waals surface area contributed by atoms with Gasteiger partial charge in [0.2, 0.25) is 0 Å². The molecular weight excluding hydrogens is 276 g/mol. The summed E-state index contributed by atoms with van der Waals surface area (Å²) in [4.78, 5) is 13.7. The Morgan fingerprint density at radius 2 is 2.25 bits per heavy atom.